The molecule has 0 radical (unpaired) electrons. The molecule has 1 aliphatic rings. The van der Waals surface area contributed by atoms with E-state index in [4.69, 9.17) is 10.3 Å². The molecule has 0 aromatic carbocycles. The molecule has 2 aromatic heterocycles. The number of thiophene rings is 1. The SMILES string of the molecule is Cc1sc(-c2nc(C3(N)CCC3)no2)cc1CS(C)(=O)=O.Cl. The molecule has 122 valence electrons. The van der Waals surface area contributed by atoms with Crippen molar-refractivity contribution in [3.05, 3.63) is 22.3 Å². The van der Waals surface area contributed by atoms with Crippen molar-refractivity contribution in [2.24, 2.45) is 5.73 Å². The summed E-state index contributed by atoms with van der Waals surface area (Å²) in [4.78, 5) is 6.11. The van der Waals surface area contributed by atoms with Crippen LogP contribution in [0.5, 0.6) is 0 Å². The quantitative estimate of drug-likeness (QED) is 0.895. The molecule has 0 amide bonds. The van der Waals surface area contributed by atoms with E-state index in [1.165, 1.54) is 17.6 Å². The number of hydrogen-bond acceptors (Lipinski definition) is 7. The molecule has 1 fully saturated rings. The van der Waals surface area contributed by atoms with E-state index in [0.29, 0.717) is 11.7 Å². The first-order chi connectivity index (χ1) is 9.77. The van der Waals surface area contributed by atoms with Gasteiger partial charge in [-0.05, 0) is 37.8 Å². The molecule has 1 aliphatic carbocycles. The van der Waals surface area contributed by atoms with Crippen LogP contribution in [0.1, 0.15) is 35.5 Å². The minimum Gasteiger partial charge on any atom is -0.333 e. The largest absolute Gasteiger partial charge is 0.333 e. The molecule has 2 heterocycles. The van der Waals surface area contributed by atoms with Crippen LogP contribution in [0, 0.1) is 6.92 Å². The Balaban J connectivity index is 0.00000176. The van der Waals surface area contributed by atoms with E-state index in [1.807, 2.05) is 13.0 Å². The average molecular weight is 364 g/mol. The summed E-state index contributed by atoms with van der Waals surface area (Å²) in [6, 6.07) is 1.81. The number of halogens is 1. The van der Waals surface area contributed by atoms with Gasteiger partial charge in [0, 0.05) is 11.1 Å². The second-order valence-corrected chi connectivity index (χ2v) is 9.09. The number of aryl methyl sites for hydroxylation is 1. The summed E-state index contributed by atoms with van der Waals surface area (Å²) < 4.78 is 28.1. The van der Waals surface area contributed by atoms with E-state index in [2.05, 4.69) is 10.1 Å². The zero-order valence-electron chi connectivity index (χ0n) is 12.3. The van der Waals surface area contributed by atoms with Crippen LogP contribution in [0.2, 0.25) is 0 Å². The topological polar surface area (TPSA) is 99.1 Å². The van der Waals surface area contributed by atoms with Crippen molar-refractivity contribution in [2.45, 2.75) is 37.5 Å². The summed E-state index contributed by atoms with van der Waals surface area (Å²) in [5.74, 6) is 0.978. The third kappa shape index (κ3) is 3.34. The van der Waals surface area contributed by atoms with Gasteiger partial charge >= 0.3 is 0 Å². The van der Waals surface area contributed by atoms with Crippen LogP contribution in [0.3, 0.4) is 0 Å². The predicted molar refractivity (Wildman–Crippen MR) is 87.9 cm³/mol. The van der Waals surface area contributed by atoms with Gasteiger partial charge in [-0.25, -0.2) is 8.42 Å². The average Bonchev–Trinajstić information content (AvgIpc) is 2.92. The first kappa shape index (κ1) is 17.4. The third-order valence-electron chi connectivity index (χ3n) is 3.77. The molecule has 0 spiro atoms. The molecule has 0 bridgehead atoms. The molecular weight excluding hydrogens is 346 g/mol. The highest BCUT2D eigenvalue weighted by Crippen LogP contribution is 2.38. The summed E-state index contributed by atoms with van der Waals surface area (Å²) in [5.41, 5.74) is 6.50. The van der Waals surface area contributed by atoms with Crippen LogP contribution >= 0.6 is 23.7 Å². The highest BCUT2D eigenvalue weighted by Gasteiger charge is 2.39. The van der Waals surface area contributed by atoms with Gasteiger partial charge in [0.1, 0.15) is 0 Å². The summed E-state index contributed by atoms with van der Waals surface area (Å²) in [7, 11) is -3.06. The number of aromatic nitrogens is 2. The normalized spacial score (nSPS) is 16.9. The van der Waals surface area contributed by atoms with Crippen molar-refractivity contribution >= 4 is 33.6 Å². The molecular formula is C13H18ClN3O3S2. The van der Waals surface area contributed by atoms with E-state index in [1.54, 1.807) is 0 Å². The van der Waals surface area contributed by atoms with E-state index in [-0.39, 0.29) is 18.2 Å². The summed E-state index contributed by atoms with van der Waals surface area (Å²) in [6.07, 6.45) is 4.05. The molecule has 1 saturated carbocycles. The maximum atomic E-state index is 11.4. The van der Waals surface area contributed by atoms with E-state index in [0.717, 1.165) is 34.6 Å². The Morgan fingerprint density at radius 3 is 2.68 bits per heavy atom. The minimum atomic E-state index is -3.06. The molecule has 0 aliphatic heterocycles. The van der Waals surface area contributed by atoms with Gasteiger partial charge < -0.3 is 10.3 Å². The Labute approximate surface area is 139 Å². The minimum absolute atomic E-state index is 0. The monoisotopic (exact) mass is 363 g/mol. The fraction of sp³-hybridized carbons (Fsp3) is 0.538. The van der Waals surface area contributed by atoms with Gasteiger partial charge in [-0.2, -0.15) is 4.98 Å². The molecule has 6 nitrogen and oxygen atoms in total. The van der Waals surface area contributed by atoms with Crippen molar-refractivity contribution in [1.82, 2.24) is 10.1 Å². The molecule has 2 aromatic rings. The summed E-state index contributed by atoms with van der Waals surface area (Å²) in [6.45, 7) is 1.89. The van der Waals surface area contributed by atoms with Gasteiger partial charge in [0.15, 0.2) is 15.7 Å². The van der Waals surface area contributed by atoms with Crippen LogP contribution in [-0.2, 0) is 21.1 Å². The van der Waals surface area contributed by atoms with Crippen LogP contribution in [0.15, 0.2) is 10.6 Å². The van der Waals surface area contributed by atoms with Crippen molar-refractivity contribution in [3.63, 3.8) is 0 Å². The predicted octanol–water partition coefficient (Wildman–Crippen LogP) is 2.41. The van der Waals surface area contributed by atoms with Gasteiger partial charge in [0.05, 0.1) is 16.2 Å². The molecule has 22 heavy (non-hydrogen) atoms. The maximum Gasteiger partial charge on any atom is 0.268 e. The lowest BCUT2D eigenvalue weighted by Crippen LogP contribution is -2.44. The lowest BCUT2D eigenvalue weighted by atomic mass is 9.77. The van der Waals surface area contributed by atoms with Crippen molar-refractivity contribution in [1.29, 1.82) is 0 Å². The van der Waals surface area contributed by atoms with E-state index >= 15 is 0 Å². The van der Waals surface area contributed by atoms with Crippen molar-refractivity contribution in [2.75, 3.05) is 6.26 Å². The van der Waals surface area contributed by atoms with E-state index < -0.39 is 15.4 Å². The number of nitrogens with two attached hydrogens (primary N) is 1. The summed E-state index contributed by atoms with van der Waals surface area (Å²) in [5, 5.41) is 3.98. The fourth-order valence-electron chi connectivity index (χ4n) is 2.36. The second-order valence-electron chi connectivity index (χ2n) is 5.69. The Morgan fingerprint density at radius 2 is 2.14 bits per heavy atom. The number of nitrogens with zero attached hydrogens (tertiary/aromatic N) is 2. The third-order valence-corrected chi connectivity index (χ3v) is 5.68. The second kappa shape index (κ2) is 5.92. The van der Waals surface area contributed by atoms with Crippen molar-refractivity contribution in [3.8, 4) is 10.8 Å². The Hall–Kier alpha value is -0.960. The molecule has 3 rings (SSSR count). The number of rotatable bonds is 4. The highest BCUT2D eigenvalue weighted by atomic mass is 35.5. The molecule has 0 atom stereocenters. The Morgan fingerprint density at radius 1 is 1.45 bits per heavy atom. The molecule has 2 N–H and O–H groups in total. The zero-order chi connectivity index (χ0) is 15.3. The first-order valence-electron chi connectivity index (χ1n) is 6.67. The standard InChI is InChI=1S/C13H17N3O3S2.ClH/c1-8-9(7-21(2,17)18)6-10(20-8)11-15-12(16-19-11)13(14)4-3-5-13;/h6H,3-5,7,14H2,1-2H3;1H. The maximum absolute atomic E-state index is 11.4. The van der Waals surface area contributed by atoms with Crippen LogP contribution in [0.25, 0.3) is 10.8 Å². The van der Waals surface area contributed by atoms with Gasteiger partial charge in [0.2, 0.25) is 0 Å². The molecule has 9 heteroatoms. The smallest absolute Gasteiger partial charge is 0.268 e. The number of hydrogen-bond donors (Lipinski definition) is 1. The van der Waals surface area contributed by atoms with Crippen molar-refractivity contribution < 1.29 is 12.9 Å². The lowest BCUT2D eigenvalue weighted by Gasteiger charge is -2.34. The Bertz CT molecular complexity index is 778. The highest BCUT2D eigenvalue weighted by molar-refractivity contribution is 7.89. The van der Waals surface area contributed by atoms with Gasteiger partial charge in [-0.1, -0.05) is 5.16 Å². The number of sulfone groups is 1. The lowest BCUT2D eigenvalue weighted by molar-refractivity contribution is 0.229. The van der Waals surface area contributed by atoms with Gasteiger partial charge in [-0.3, -0.25) is 0 Å². The molecule has 0 unspecified atom stereocenters. The zero-order valence-corrected chi connectivity index (χ0v) is 14.8. The van der Waals surface area contributed by atoms with Crippen LogP contribution in [-0.4, -0.2) is 24.8 Å². The van der Waals surface area contributed by atoms with Crippen LogP contribution < -0.4 is 5.73 Å². The first-order valence-corrected chi connectivity index (χ1v) is 9.55. The van der Waals surface area contributed by atoms with Crippen LogP contribution in [0.4, 0.5) is 0 Å². The molecule has 0 saturated heterocycles. The summed E-state index contributed by atoms with van der Waals surface area (Å²) >= 11 is 1.46. The Kier molecular flexibility index (Phi) is 4.68. The van der Waals surface area contributed by atoms with Gasteiger partial charge in [0.25, 0.3) is 5.89 Å². The van der Waals surface area contributed by atoms with Gasteiger partial charge in [-0.15, -0.1) is 23.7 Å². The van der Waals surface area contributed by atoms with E-state index in [9.17, 15) is 8.42 Å². The fourth-order valence-corrected chi connectivity index (χ4v) is 4.28.